The molecule has 0 aromatic rings. The predicted octanol–water partition coefficient (Wildman–Crippen LogP) is 1.88. The second kappa shape index (κ2) is 8.68. The lowest BCUT2D eigenvalue weighted by Gasteiger charge is -2.27. The van der Waals surface area contributed by atoms with Crippen molar-refractivity contribution in [3.63, 3.8) is 0 Å². The molecular formula is C16H28N2O7. The minimum Gasteiger partial charge on any atom is -0.444 e. The summed E-state index contributed by atoms with van der Waals surface area (Å²) in [6.45, 7) is 12.5. The lowest BCUT2D eigenvalue weighted by Crippen LogP contribution is -2.56. The van der Waals surface area contributed by atoms with Crippen LogP contribution < -0.4 is 10.6 Å². The van der Waals surface area contributed by atoms with Gasteiger partial charge in [-0.2, -0.15) is 0 Å². The molecule has 0 saturated heterocycles. The van der Waals surface area contributed by atoms with Crippen LogP contribution in [0.4, 0.5) is 9.59 Å². The standard InChI is InChI=1S/C16H28N2O7/c1-9(17-13(21)24-15(3,4)5)11(12(20)23-10(2)19)18-14(22)25-16(6,7)8/h9,11H,1-8H3,(H,17,21)(H,18,22)/t9-,11-/m0/s1. The van der Waals surface area contributed by atoms with Gasteiger partial charge in [0.2, 0.25) is 0 Å². The molecule has 9 nitrogen and oxygen atoms in total. The van der Waals surface area contributed by atoms with Crippen LogP contribution in [-0.2, 0) is 23.8 Å². The van der Waals surface area contributed by atoms with Gasteiger partial charge in [-0.25, -0.2) is 14.4 Å². The van der Waals surface area contributed by atoms with Gasteiger partial charge in [-0.05, 0) is 48.5 Å². The molecule has 0 radical (unpaired) electrons. The number of rotatable bonds is 4. The van der Waals surface area contributed by atoms with E-state index in [1.54, 1.807) is 41.5 Å². The van der Waals surface area contributed by atoms with Gasteiger partial charge in [0.15, 0.2) is 6.04 Å². The number of esters is 2. The lowest BCUT2D eigenvalue weighted by molar-refractivity contribution is -0.160. The van der Waals surface area contributed by atoms with Crippen LogP contribution in [0.5, 0.6) is 0 Å². The number of hydrogen-bond donors (Lipinski definition) is 2. The molecule has 9 heteroatoms. The molecule has 2 N–H and O–H groups in total. The van der Waals surface area contributed by atoms with Crippen molar-refractivity contribution in [1.29, 1.82) is 0 Å². The highest BCUT2D eigenvalue weighted by atomic mass is 16.6. The Morgan fingerprint density at radius 1 is 0.800 bits per heavy atom. The zero-order valence-corrected chi connectivity index (χ0v) is 16.0. The van der Waals surface area contributed by atoms with Gasteiger partial charge in [-0.3, -0.25) is 4.79 Å². The largest absolute Gasteiger partial charge is 0.444 e. The normalized spacial score (nSPS) is 13.9. The minimum atomic E-state index is -1.34. The van der Waals surface area contributed by atoms with Gasteiger partial charge in [-0.1, -0.05) is 0 Å². The van der Waals surface area contributed by atoms with E-state index < -0.39 is 47.4 Å². The van der Waals surface area contributed by atoms with Crippen molar-refractivity contribution in [3.8, 4) is 0 Å². The van der Waals surface area contributed by atoms with E-state index in [-0.39, 0.29) is 0 Å². The summed E-state index contributed by atoms with van der Waals surface area (Å²) in [6, 6.07) is -2.26. The first-order valence-electron chi connectivity index (χ1n) is 7.82. The number of hydrogen-bond acceptors (Lipinski definition) is 7. The molecule has 0 fully saturated rings. The molecule has 144 valence electrons. The van der Waals surface area contributed by atoms with E-state index >= 15 is 0 Å². The Balaban J connectivity index is 5.11. The van der Waals surface area contributed by atoms with Crippen molar-refractivity contribution in [2.45, 2.75) is 78.7 Å². The summed E-state index contributed by atoms with van der Waals surface area (Å²) in [6.07, 6.45) is -1.68. The fraction of sp³-hybridized carbons (Fsp3) is 0.750. The van der Waals surface area contributed by atoms with Crippen LogP contribution in [0.2, 0.25) is 0 Å². The molecule has 25 heavy (non-hydrogen) atoms. The number of carbonyl (C=O) groups is 4. The van der Waals surface area contributed by atoms with E-state index in [0.717, 1.165) is 6.92 Å². The summed E-state index contributed by atoms with van der Waals surface area (Å²) in [5.74, 6) is -1.87. The maximum Gasteiger partial charge on any atom is 0.408 e. The molecular weight excluding hydrogens is 332 g/mol. The Morgan fingerprint density at radius 2 is 1.20 bits per heavy atom. The molecule has 0 aromatic heterocycles. The van der Waals surface area contributed by atoms with Crippen LogP contribution in [0.1, 0.15) is 55.4 Å². The predicted molar refractivity (Wildman–Crippen MR) is 88.8 cm³/mol. The first-order valence-corrected chi connectivity index (χ1v) is 7.82. The van der Waals surface area contributed by atoms with Gasteiger partial charge < -0.3 is 24.8 Å². The van der Waals surface area contributed by atoms with Crippen LogP contribution in [0.15, 0.2) is 0 Å². The van der Waals surface area contributed by atoms with Crippen molar-refractivity contribution in [1.82, 2.24) is 10.6 Å². The van der Waals surface area contributed by atoms with Crippen molar-refractivity contribution < 1.29 is 33.4 Å². The third-order valence-electron chi connectivity index (χ3n) is 2.41. The van der Waals surface area contributed by atoms with E-state index in [9.17, 15) is 19.2 Å². The summed E-state index contributed by atoms with van der Waals surface area (Å²) in [7, 11) is 0. The summed E-state index contributed by atoms with van der Waals surface area (Å²) >= 11 is 0. The zero-order chi connectivity index (χ0) is 20.0. The van der Waals surface area contributed by atoms with E-state index in [0.29, 0.717) is 0 Å². The summed E-state index contributed by atoms with van der Waals surface area (Å²) in [4.78, 5) is 46.8. The number of carbonyl (C=O) groups excluding carboxylic acids is 4. The second-order valence-corrected chi connectivity index (χ2v) is 7.47. The van der Waals surface area contributed by atoms with Crippen LogP contribution in [0.25, 0.3) is 0 Å². The van der Waals surface area contributed by atoms with Crippen LogP contribution in [0.3, 0.4) is 0 Å². The highest BCUT2D eigenvalue weighted by Gasteiger charge is 2.33. The Kier molecular flexibility index (Phi) is 7.88. The van der Waals surface area contributed by atoms with E-state index in [4.69, 9.17) is 9.47 Å². The Hall–Kier alpha value is -2.32. The molecule has 0 heterocycles. The van der Waals surface area contributed by atoms with Gasteiger partial charge >= 0.3 is 24.1 Å². The second-order valence-electron chi connectivity index (χ2n) is 7.47. The van der Waals surface area contributed by atoms with Gasteiger partial charge in [0, 0.05) is 6.92 Å². The third-order valence-corrected chi connectivity index (χ3v) is 2.41. The van der Waals surface area contributed by atoms with Crippen molar-refractivity contribution in [2.75, 3.05) is 0 Å². The van der Waals surface area contributed by atoms with Crippen LogP contribution >= 0.6 is 0 Å². The highest BCUT2D eigenvalue weighted by Crippen LogP contribution is 2.09. The molecule has 0 bridgehead atoms. The molecule has 0 spiro atoms. The average Bonchev–Trinajstić information content (AvgIpc) is 2.29. The molecule has 2 atom stereocenters. The van der Waals surface area contributed by atoms with E-state index in [1.165, 1.54) is 6.92 Å². The number of nitrogens with one attached hydrogen (secondary N) is 2. The van der Waals surface area contributed by atoms with Gasteiger partial charge in [0.05, 0.1) is 6.04 Å². The molecule has 0 aromatic carbocycles. The van der Waals surface area contributed by atoms with Gasteiger partial charge in [0.1, 0.15) is 11.2 Å². The average molecular weight is 360 g/mol. The summed E-state index contributed by atoms with van der Waals surface area (Å²) in [5, 5.41) is 4.70. The topological polar surface area (TPSA) is 120 Å². The first-order chi connectivity index (χ1) is 11.1. The minimum absolute atomic E-state index is 0.738. The van der Waals surface area contributed by atoms with E-state index in [1.807, 2.05) is 0 Å². The Bertz CT molecular complexity index is 518. The molecule has 0 aliphatic heterocycles. The molecule has 0 rings (SSSR count). The van der Waals surface area contributed by atoms with E-state index in [2.05, 4.69) is 15.4 Å². The summed E-state index contributed by atoms with van der Waals surface area (Å²) in [5.41, 5.74) is -1.53. The monoisotopic (exact) mass is 360 g/mol. The Labute approximate surface area is 147 Å². The smallest absolute Gasteiger partial charge is 0.408 e. The van der Waals surface area contributed by atoms with Gasteiger partial charge in [0.25, 0.3) is 0 Å². The third kappa shape index (κ3) is 11.0. The molecule has 0 saturated carbocycles. The lowest BCUT2D eigenvalue weighted by atomic mass is 10.1. The maximum absolute atomic E-state index is 12.1. The molecule has 0 aliphatic rings. The molecule has 0 unspecified atom stereocenters. The zero-order valence-electron chi connectivity index (χ0n) is 16.0. The summed E-state index contributed by atoms with van der Waals surface area (Å²) < 4.78 is 14.7. The maximum atomic E-state index is 12.1. The molecule has 0 aliphatic carbocycles. The van der Waals surface area contributed by atoms with Gasteiger partial charge in [-0.15, -0.1) is 0 Å². The number of alkyl carbamates (subject to hydrolysis) is 2. The first kappa shape index (κ1) is 22.7. The van der Waals surface area contributed by atoms with Crippen LogP contribution in [0, 0.1) is 0 Å². The SMILES string of the molecule is CC(=O)OC(=O)[C@@H](NC(=O)OC(C)(C)C)[C@H](C)NC(=O)OC(C)(C)C. The highest BCUT2D eigenvalue weighted by molar-refractivity contribution is 5.90. The fourth-order valence-electron chi connectivity index (χ4n) is 1.60. The number of ether oxygens (including phenoxy) is 3. The van der Waals surface area contributed by atoms with Crippen LogP contribution in [-0.4, -0.2) is 47.4 Å². The van der Waals surface area contributed by atoms with Crippen molar-refractivity contribution >= 4 is 24.1 Å². The van der Waals surface area contributed by atoms with Crippen molar-refractivity contribution in [3.05, 3.63) is 0 Å². The Morgan fingerprint density at radius 3 is 1.56 bits per heavy atom. The number of amides is 2. The van der Waals surface area contributed by atoms with Crippen molar-refractivity contribution in [2.24, 2.45) is 0 Å². The fourth-order valence-corrected chi connectivity index (χ4v) is 1.60. The molecule has 2 amide bonds. The quantitative estimate of drug-likeness (QED) is 0.446.